The van der Waals surface area contributed by atoms with Gasteiger partial charge in [-0.3, -0.25) is 4.79 Å². The highest BCUT2D eigenvalue weighted by molar-refractivity contribution is 5.66. The first kappa shape index (κ1) is 25.1. The maximum Gasteiger partial charge on any atom is 0.302 e. The summed E-state index contributed by atoms with van der Waals surface area (Å²) in [5.74, 6) is 5.88. The molecule has 10 atom stereocenters. The molecule has 0 spiro atoms. The van der Waals surface area contributed by atoms with Crippen molar-refractivity contribution < 1.29 is 9.53 Å². The molecule has 0 amide bonds. The average Bonchev–Trinajstić information content (AvgIpc) is 3.09. The molecule has 0 radical (unpaired) electrons. The van der Waals surface area contributed by atoms with Crippen LogP contribution in [0.15, 0.2) is 23.8 Å². The molecule has 4 rings (SSSR count). The summed E-state index contributed by atoms with van der Waals surface area (Å²) < 4.78 is 5.65. The molecule has 0 aromatic rings. The van der Waals surface area contributed by atoms with E-state index in [1.165, 1.54) is 32.1 Å². The van der Waals surface area contributed by atoms with Gasteiger partial charge in [0.15, 0.2) is 0 Å². The number of hydrogen-bond acceptors (Lipinski definition) is 2. The summed E-state index contributed by atoms with van der Waals surface area (Å²) in [5.41, 5.74) is 2.40. The van der Waals surface area contributed by atoms with Crippen LogP contribution in [0.3, 0.4) is 0 Å². The Bertz CT molecular complexity index is 793. The van der Waals surface area contributed by atoms with Gasteiger partial charge in [0.25, 0.3) is 0 Å². The van der Waals surface area contributed by atoms with Gasteiger partial charge < -0.3 is 4.74 Å². The van der Waals surface area contributed by atoms with Crippen molar-refractivity contribution >= 4 is 5.97 Å². The third-order valence-electron chi connectivity index (χ3n) is 11.2. The van der Waals surface area contributed by atoms with E-state index in [0.29, 0.717) is 28.6 Å². The maximum absolute atomic E-state index is 11.6. The lowest BCUT2D eigenvalue weighted by Crippen LogP contribution is -2.53. The normalized spacial score (nSPS) is 44.6. The van der Waals surface area contributed by atoms with Crippen molar-refractivity contribution in [3.63, 3.8) is 0 Å². The van der Waals surface area contributed by atoms with E-state index >= 15 is 0 Å². The molecule has 4 aliphatic rings. The molecule has 0 aromatic carbocycles. The number of ether oxygens (including phenoxy) is 1. The summed E-state index contributed by atoms with van der Waals surface area (Å²) in [4.78, 5) is 11.6. The number of esters is 1. The van der Waals surface area contributed by atoms with Gasteiger partial charge in [-0.1, -0.05) is 72.3 Å². The Labute approximate surface area is 204 Å². The molecule has 0 N–H and O–H groups in total. The molecule has 33 heavy (non-hydrogen) atoms. The van der Waals surface area contributed by atoms with Crippen molar-refractivity contribution in [2.45, 2.75) is 106 Å². The van der Waals surface area contributed by atoms with E-state index < -0.39 is 0 Å². The van der Waals surface area contributed by atoms with Crippen LogP contribution in [-0.2, 0) is 9.53 Å². The molecule has 0 saturated heterocycles. The molecular weight excluding hydrogens is 404 g/mol. The lowest BCUT2D eigenvalue weighted by Gasteiger charge is -2.60. The minimum atomic E-state index is -0.123. The highest BCUT2D eigenvalue weighted by Crippen LogP contribution is 2.68. The maximum atomic E-state index is 11.6. The van der Waals surface area contributed by atoms with Crippen LogP contribution >= 0.6 is 0 Å². The van der Waals surface area contributed by atoms with Gasteiger partial charge >= 0.3 is 5.97 Å². The molecular formula is C31H50O2. The molecule has 4 aliphatic carbocycles. The first-order valence-electron chi connectivity index (χ1n) is 14.0. The van der Waals surface area contributed by atoms with Crippen molar-refractivity contribution in [3.05, 3.63) is 23.8 Å². The summed E-state index contributed by atoms with van der Waals surface area (Å²) in [6.07, 6.45) is 16.6. The van der Waals surface area contributed by atoms with Crippen LogP contribution in [0.1, 0.15) is 100 Å². The number of carbonyl (C=O) groups excluding carboxylic acids is 1. The Hall–Kier alpha value is -1.05. The number of fused-ring (bicyclic) bond motifs is 5. The molecule has 3 saturated carbocycles. The summed E-state index contributed by atoms with van der Waals surface area (Å²) in [6.45, 7) is 18.8. The van der Waals surface area contributed by atoms with Gasteiger partial charge in [-0.15, -0.1) is 0 Å². The summed E-state index contributed by atoms with van der Waals surface area (Å²) in [6, 6.07) is 0. The second kappa shape index (κ2) is 9.19. The second-order valence-corrected chi connectivity index (χ2v) is 13.3. The smallest absolute Gasteiger partial charge is 0.302 e. The van der Waals surface area contributed by atoms with Crippen LogP contribution in [0.2, 0.25) is 0 Å². The van der Waals surface area contributed by atoms with Gasteiger partial charge in [0.2, 0.25) is 0 Å². The Morgan fingerprint density at radius 2 is 1.76 bits per heavy atom. The van der Waals surface area contributed by atoms with E-state index in [0.717, 1.165) is 42.4 Å². The summed E-state index contributed by atoms with van der Waals surface area (Å²) >= 11 is 0. The topological polar surface area (TPSA) is 26.3 Å². The van der Waals surface area contributed by atoms with Crippen LogP contribution < -0.4 is 0 Å². The number of allylic oxidation sites excluding steroid dienone is 3. The third-order valence-corrected chi connectivity index (χ3v) is 11.2. The summed E-state index contributed by atoms with van der Waals surface area (Å²) in [5, 5.41) is 0. The average molecular weight is 455 g/mol. The first-order chi connectivity index (χ1) is 15.5. The molecule has 0 unspecified atom stereocenters. The zero-order valence-electron chi connectivity index (χ0n) is 22.7. The van der Waals surface area contributed by atoms with E-state index in [2.05, 4.69) is 66.7 Å². The van der Waals surface area contributed by atoms with Gasteiger partial charge in [-0.05, 0) is 96.7 Å². The standard InChI is InChI=1S/C31H50O2/c1-19(2)20(3)9-10-21(4)26-11-12-27-29-22(5)17-24-18-25(33-23(6)32)13-15-30(24,7)28(29)14-16-31(26,27)8/h9-10,17,19-22,25-29H,11-16,18H2,1-8H3/b10-9+/t20-,21-,22+,25-,26-,27+,28-,29+,30-,31-/m1/s1. The van der Waals surface area contributed by atoms with Crippen LogP contribution in [-0.4, -0.2) is 12.1 Å². The largest absolute Gasteiger partial charge is 0.462 e. The number of rotatable bonds is 5. The van der Waals surface area contributed by atoms with E-state index in [-0.39, 0.29) is 12.1 Å². The Morgan fingerprint density at radius 1 is 1.03 bits per heavy atom. The first-order valence-corrected chi connectivity index (χ1v) is 14.0. The van der Waals surface area contributed by atoms with Crippen LogP contribution in [0.25, 0.3) is 0 Å². The number of carbonyl (C=O) groups is 1. The summed E-state index contributed by atoms with van der Waals surface area (Å²) in [7, 11) is 0. The van der Waals surface area contributed by atoms with Gasteiger partial charge in [-0.25, -0.2) is 0 Å². The lowest BCUT2D eigenvalue weighted by atomic mass is 9.45. The molecule has 0 bridgehead atoms. The van der Waals surface area contributed by atoms with Crippen LogP contribution in [0, 0.1) is 58.2 Å². The van der Waals surface area contributed by atoms with E-state index in [9.17, 15) is 4.79 Å². The van der Waals surface area contributed by atoms with E-state index in [1.807, 2.05) is 0 Å². The fourth-order valence-corrected chi connectivity index (χ4v) is 8.93. The zero-order chi connectivity index (χ0) is 24.1. The lowest BCUT2D eigenvalue weighted by molar-refractivity contribution is -0.149. The van der Waals surface area contributed by atoms with Crippen LogP contribution in [0.4, 0.5) is 0 Å². The molecule has 0 aliphatic heterocycles. The van der Waals surface area contributed by atoms with Crippen molar-refractivity contribution in [2.24, 2.45) is 58.2 Å². The second-order valence-electron chi connectivity index (χ2n) is 13.3. The fourth-order valence-electron chi connectivity index (χ4n) is 8.93. The molecule has 3 fully saturated rings. The van der Waals surface area contributed by atoms with Gasteiger partial charge in [0.05, 0.1) is 0 Å². The Balaban J connectivity index is 1.55. The molecule has 186 valence electrons. The Morgan fingerprint density at radius 3 is 2.42 bits per heavy atom. The Kier molecular flexibility index (Phi) is 6.98. The van der Waals surface area contributed by atoms with Crippen LogP contribution in [0.5, 0.6) is 0 Å². The molecule has 0 aromatic heterocycles. The fraction of sp³-hybridized carbons (Fsp3) is 0.839. The van der Waals surface area contributed by atoms with Gasteiger partial charge in [-0.2, -0.15) is 0 Å². The minimum absolute atomic E-state index is 0.0937. The zero-order valence-corrected chi connectivity index (χ0v) is 22.7. The molecule has 2 nitrogen and oxygen atoms in total. The van der Waals surface area contributed by atoms with Gasteiger partial charge in [0.1, 0.15) is 6.10 Å². The molecule has 2 heteroatoms. The van der Waals surface area contributed by atoms with Crippen molar-refractivity contribution in [3.8, 4) is 0 Å². The SMILES string of the molecule is CC(=O)O[C@@H]1CC[C@]2(C)C(=C[C@H](C)[C@@H]3[C@H]2CC[C@]2(C)[C@@H]([C@H](C)/C=C/[C@@H](C)C(C)C)CC[C@@H]32)C1. The highest BCUT2D eigenvalue weighted by Gasteiger charge is 2.60. The van der Waals surface area contributed by atoms with Crippen molar-refractivity contribution in [1.29, 1.82) is 0 Å². The highest BCUT2D eigenvalue weighted by atomic mass is 16.5. The van der Waals surface area contributed by atoms with Crippen molar-refractivity contribution in [1.82, 2.24) is 0 Å². The predicted molar refractivity (Wildman–Crippen MR) is 138 cm³/mol. The monoisotopic (exact) mass is 454 g/mol. The number of hydrogen-bond donors (Lipinski definition) is 0. The van der Waals surface area contributed by atoms with E-state index in [4.69, 9.17) is 4.74 Å². The quantitative estimate of drug-likeness (QED) is 0.309. The minimum Gasteiger partial charge on any atom is -0.462 e. The molecule has 0 heterocycles. The third kappa shape index (κ3) is 4.38. The van der Waals surface area contributed by atoms with E-state index in [1.54, 1.807) is 12.5 Å². The van der Waals surface area contributed by atoms with Crippen molar-refractivity contribution in [2.75, 3.05) is 0 Å². The van der Waals surface area contributed by atoms with Gasteiger partial charge in [0, 0.05) is 13.3 Å². The predicted octanol–water partition coefficient (Wildman–Crippen LogP) is 8.23.